The van der Waals surface area contributed by atoms with E-state index in [1.165, 1.54) is 0 Å². The minimum atomic E-state index is -0.340. The lowest BCUT2D eigenvalue weighted by molar-refractivity contribution is 0.0929. The van der Waals surface area contributed by atoms with Gasteiger partial charge in [0, 0.05) is 12.5 Å². The number of nitrogens with two attached hydrogens (primary N) is 1. The first-order valence-electron chi connectivity index (χ1n) is 5.16. The summed E-state index contributed by atoms with van der Waals surface area (Å²) in [7, 11) is 0. The third-order valence-corrected chi connectivity index (χ3v) is 2.18. The molecule has 0 saturated heterocycles. The molecule has 0 aromatic carbocycles. The summed E-state index contributed by atoms with van der Waals surface area (Å²) in [5.41, 5.74) is 5.31. The Morgan fingerprint density at radius 1 is 1.71 bits per heavy atom. The van der Waals surface area contributed by atoms with Crippen LogP contribution in [0.3, 0.4) is 0 Å². The molecule has 0 bridgehead atoms. The Balaban J connectivity index is 1.90. The molecule has 0 aliphatic rings. The van der Waals surface area contributed by atoms with Crippen LogP contribution in [0.5, 0.6) is 0 Å². The number of hydrogen-bond donors (Lipinski definition) is 3. The number of aromatic amines is 1. The number of hydrogen-bond acceptors (Lipinski definition) is 5. The third kappa shape index (κ3) is 2.83. The van der Waals surface area contributed by atoms with Crippen molar-refractivity contribution in [3.63, 3.8) is 0 Å². The Bertz CT molecular complexity index is 491. The number of carbonyl (C=O) groups excluding carboxylic acids is 1. The maximum atomic E-state index is 11.7. The molecule has 2 aromatic rings. The Labute approximate surface area is 97.4 Å². The van der Waals surface area contributed by atoms with Gasteiger partial charge in [-0.1, -0.05) is 0 Å². The summed E-state index contributed by atoms with van der Waals surface area (Å²) in [6, 6.07) is 3.59. The van der Waals surface area contributed by atoms with Gasteiger partial charge in [0.25, 0.3) is 5.91 Å². The van der Waals surface area contributed by atoms with E-state index in [0.29, 0.717) is 6.42 Å². The van der Waals surface area contributed by atoms with E-state index in [1.807, 2.05) is 13.0 Å². The minimum absolute atomic E-state index is 0.0498. The second kappa shape index (κ2) is 4.69. The molecule has 90 valence electrons. The van der Waals surface area contributed by atoms with Crippen LogP contribution < -0.4 is 11.1 Å². The molecule has 0 radical (unpaired) electrons. The van der Waals surface area contributed by atoms with E-state index in [4.69, 9.17) is 10.2 Å². The zero-order valence-electron chi connectivity index (χ0n) is 9.30. The van der Waals surface area contributed by atoms with Crippen LogP contribution in [0.15, 0.2) is 22.8 Å². The number of amides is 1. The lowest BCUT2D eigenvalue weighted by atomic mass is 10.2. The summed E-state index contributed by atoms with van der Waals surface area (Å²) in [6.07, 6.45) is 2.21. The van der Waals surface area contributed by atoms with Crippen molar-refractivity contribution in [3.8, 4) is 0 Å². The van der Waals surface area contributed by atoms with Crippen molar-refractivity contribution < 1.29 is 9.21 Å². The fourth-order valence-electron chi connectivity index (χ4n) is 1.45. The highest BCUT2D eigenvalue weighted by Crippen LogP contribution is 2.04. The van der Waals surface area contributed by atoms with Gasteiger partial charge in [0.15, 0.2) is 0 Å². The maximum absolute atomic E-state index is 11.7. The standard InChI is InChI=1S/C10H13N5O2/c1-6(5-7-3-2-4-17-7)12-9(16)8-13-10(11)15-14-8/h2-4,6H,5H2,1H3,(H,12,16)(H3,11,13,14,15). The largest absolute Gasteiger partial charge is 0.469 e. The highest BCUT2D eigenvalue weighted by molar-refractivity contribution is 5.90. The molecule has 7 heteroatoms. The van der Waals surface area contributed by atoms with Crippen LogP contribution in [-0.4, -0.2) is 27.1 Å². The van der Waals surface area contributed by atoms with Gasteiger partial charge in [0.2, 0.25) is 11.8 Å². The minimum Gasteiger partial charge on any atom is -0.469 e. The first kappa shape index (κ1) is 11.2. The van der Waals surface area contributed by atoms with Crippen LogP contribution in [0.25, 0.3) is 0 Å². The number of nitrogens with one attached hydrogen (secondary N) is 2. The van der Waals surface area contributed by atoms with E-state index in [9.17, 15) is 4.79 Å². The number of rotatable bonds is 4. The zero-order chi connectivity index (χ0) is 12.3. The van der Waals surface area contributed by atoms with Crippen molar-refractivity contribution in [2.45, 2.75) is 19.4 Å². The van der Waals surface area contributed by atoms with E-state index in [-0.39, 0.29) is 23.7 Å². The van der Waals surface area contributed by atoms with Crippen LogP contribution in [0.2, 0.25) is 0 Å². The summed E-state index contributed by atoms with van der Waals surface area (Å²) in [4.78, 5) is 15.4. The Kier molecular flexibility index (Phi) is 3.08. The van der Waals surface area contributed by atoms with Gasteiger partial charge in [-0.3, -0.25) is 9.89 Å². The molecule has 17 heavy (non-hydrogen) atoms. The summed E-state index contributed by atoms with van der Waals surface area (Å²) in [6.45, 7) is 1.88. The second-order valence-corrected chi connectivity index (χ2v) is 3.70. The fourth-order valence-corrected chi connectivity index (χ4v) is 1.45. The summed E-state index contributed by atoms with van der Waals surface area (Å²) >= 11 is 0. The van der Waals surface area contributed by atoms with Crippen molar-refractivity contribution in [1.82, 2.24) is 20.5 Å². The van der Waals surface area contributed by atoms with Crippen LogP contribution >= 0.6 is 0 Å². The first-order chi connectivity index (χ1) is 8.15. The Morgan fingerprint density at radius 2 is 2.53 bits per heavy atom. The van der Waals surface area contributed by atoms with Gasteiger partial charge in [0.05, 0.1) is 6.26 Å². The molecule has 1 amide bonds. The van der Waals surface area contributed by atoms with Crippen LogP contribution in [-0.2, 0) is 6.42 Å². The van der Waals surface area contributed by atoms with Gasteiger partial charge >= 0.3 is 0 Å². The number of nitrogens with zero attached hydrogens (tertiary/aromatic N) is 2. The average Bonchev–Trinajstić information content (AvgIpc) is 2.89. The van der Waals surface area contributed by atoms with Gasteiger partial charge in [-0.25, -0.2) is 0 Å². The van der Waals surface area contributed by atoms with Crippen molar-refractivity contribution >= 4 is 11.9 Å². The van der Waals surface area contributed by atoms with Crippen molar-refractivity contribution in [2.24, 2.45) is 0 Å². The van der Waals surface area contributed by atoms with Gasteiger partial charge in [-0.2, -0.15) is 4.98 Å². The molecule has 2 heterocycles. The quantitative estimate of drug-likeness (QED) is 0.707. The van der Waals surface area contributed by atoms with Gasteiger partial charge in [-0.15, -0.1) is 5.10 Å². The molecule has 0 saturated carbocycles. The summed E-state index contributed by atoms with van der Waals surface area (Å²) in [5, 5.41) is 8.79. The second-order valence-electron chi connectivity index (χ2n) is 3.70. The number of carbonyl (C=O) groups is 1. The molecule has 7 nitrogen and oxygen atoms in total. The van der Waals surface area contributed by atoms with Crippen molar-refractivity contribution in [2.75, 3.05) is 5.73 Å². The highest BCUT2D eigenvalue weighted by Gasteiger charge is 2.14. The predicted octanol–water partition coefficient (Wildman–Crippen LogP) is 0.341. The first-order valence-corrected chi connectivity index (χ1v) is 5.16. The lowest BCUT2D eigenvalue weighted by Gasteiger charge is -2.10. The van der Waals surface area contributed by atoms with Gasteiger partial charge < -0.3 is 15.5 Å². The highest BCUT2D eigenvalue weighted by atomic mass is 16.3. The molecular formula is C10H13N5O2. The molecule has 2 aromatic heterocycles. The van der Waals surface area contributed by atoms with Gasteiger partial charge in [-0.05, 0) is 19.1 Å². The zero-order valence-corrected chi connectivity index (χ0v) is 9.30. The van der Waals surface area contributed by atoms with Crippen molar-refractivity contribution in [3.05, 3.63) is 30.0 Å². The number of H-pyrrole nitrogens is 1. The molecule has 1 atom stereocenters. The van der Waals surface area contributed by atoms with E-state index in [1.54, 1.807) is 12.3 Å². The van der Waals surface area contributed by atoms with E-state index in [2.05, 4.69) is 20.5 Å². The molecule has 4 N–H and O–H groups in total. The van der Waals surface area contributed by atoms with Crippen molar-refractivity contribution in [1.29, 1.82) is 0 Å². The molecule has 2 rings (SSSR count). The van der Waals surface area contributed by atoms with Gasteiger partial charge in [0.1, 0.15) is 5.76 Å². The monoisotopic (exact) mass is 235 g/mol. The fraction of sp³-hybridized carbons (Fsp3) is 0.300. The van der Waals surface area contributed by atoms with Crippen LogP contribution in [0, 0.1) is 0 Å². The van der Waals surface area contributed by atoms with E-state index >= 15 is 0 Å². The molecule has 0 aliphatic carbocycles. The summed E-state index contributed by atoms with van der Waals surface area (Å²) < 4.78 is 5.19. The lowest BCUT2D eigenvalue weighted by Crippen LogP contribution is -2.34. The number of furan rings is 1. The normalized spacial score (nSPS) is 12.3. The smallest absolute Gasteiger partial charge is 0.288 e. The Hall–Kier alpha value is -2.31. The number of anilines is 1. The molecule has 0 fully saturated rings. The predicted molar refractivity (Wildman–Crippen MR) is 60.1 cm³/mol. The SMILES string of the molecule is CC(Cc1ccco1)NC(=O)c1nc(N)n[nH]1. The Morgan fingerprint density at radius 3 is 3.12 bits per heavy atom. The molecule has 0 spiro atoms. The molecule has 1 unspecified atom stereocenters. The van der Waals surface area contributed by atoms with Crippen LogP contribution in [0.1, 0.15) is 23.3 Å². The summed E-state index contributed by atoms with van der Waals surface area (Å²) in [5.74, 6) is 0.630. The topological polar surface area (TPSA) is 110 Å². The third-order valence-electron chi connectivity index (χ3n) is 2.18. The maximum Gasteiger partial charge on any atom is 0.288 e. The van der Waals surface area contributed by atoms with E-state index < -0.39 is 0 Å². The molecular weight excluding hydrogens is 222 g/mol. The molecule has 0 aliphatic heterocycles. The van der Waals surface area contributed by atoms with Crippen LogP contribution in [0.4, 0.5) is 5.95 Å². The number of aromatic nitrogens is 3. The van der Waals surface area contributed by atoms with E-state index in [0.717, 1.165) is 5.76 Å². The number of nitrogen functional groups attached to an aromatic ring is 1. The average molecular weight is 235 g/mol.